The molecule has 0 bridgehead atoms. The molecule has 1 amide bonds. The Morgan fingerprint density at radius 1 is 1.17 bits per heavy atom. The SMILES string of the molecule is O=C1COc2cccc(OCc3cnn(-c4ccccc4)c3)c2N1. The zero-order valence-corrected chi connectivity index (χ0v) is 12.8. The number of para-hydroxylation sites is 2. The van der Waals surface area contributed by atoms with E-state index in [9.17, 15) is 4.79 Å². The number of benzene rings is 2. The number of amides is 1. The first-order valence-corrected chi connectivity index (χ1v) is 7.57. The lowest BCUT2D eigenvalue weighted by Gasteiger charge is -2.20. The van der Waals surface area contributed by atoms with Gasteiger partial charge in [-0.15, -0.1) is 0 Å². The summed E-state index contributed by atoms with van der Waals surface area (Å²) in [5.41, 5.74) is 2.49. The van der Waals surface area contributed by atoms with Crippen LogP contribution in [0.1, 0.15) is 5.56 Å². The van der Waals surface area contributed by atoms with E-state index in [1.165, 1.54) is 0 Å². The van der Waals surface area contributed by atoms with Gasteiger partial charge in [-0.2, -0.15) is 5.10 Å². The molecule has 1 N–H and O–H groups in total. The average molecular weight is 321 g/mol. The molecule has 24 heavy (non-hydrogen) atoms. The van der Waals surface area contributed by atoms with E-state index >= 15 is 0 Å². The molecule has 0 radical (unpaired) electrons. The van der Waals surface area contributed by atoms with E-state index in [1.807, 2.05) is 42.6 Å². The normalized spacial score (nSPS) is 12.9. The molecule has 0 aliphatic carbocycles. The van der Waals surface area contributed by atoms with E-state index in [-0.39, 0.29) is 12.5 Å². The van der Waals surface area contributed by atoms with Gasteiger partial charge in [0.15, 0.2) is 6.61 Å². The summed E-state index contributed by atoms with van der Waals surface area (Å²) in [6.45, 7) is 0.374. The van der Waals surface area contributed by atoms with Crippen molar-refractivity contribution >= 4 is 11.6 Å². The summed E-state index contributed by atoms with van der Waals surface area (Å²) in [7, 11) is 0. The summed E-state index contributed by atoms with van der Waals surface area (Å²) in [5.74, 6) is 1.01. The van der Waals surface area contributed by atoms with Crippen molar-refractivity contribution in [3.05, 3.63) is 66.5 Å². The minimum atomic E-state index is -0.185. The zero-order valence-electron chi connectivity index (χ0n) is 12.8. The first-order valence-electron chi connectivity index (χ1n) is 7.57. The van der Waals surface area contributed by atoms with Crippen molar-refractivity contribution < 1.29 is 14.3 Å². The van der Waals surface area contributed by atoms with Crippen LogP contribution < -0.4 is 14.8 Å². The topological polar surface area (TPSA) is 65.4 Å². The molecule has 0 saturated heterocycles. The van der Waals surface area contributed by atoms with Crippen LogP contribution in [0.3, 0.4) is 0 Å². The van der Waals surface area contributed by atoms with Gasteiger partial charge in [0.1, 0.15) is 23.8 Å². The van der Waals surface area contributed by atoms with E-state index in [0.29, 0.717) is 23.8 Å². The molecule has 1 aliphatic rings. The number of hydrogen-bond acceptors (Lipinski definition) is 4. The molecule has 1 aliphatic heterocycles. The lowest BCUT2D eigenvalue weighted by Crippen LogP contribution is -2.25. The van der Waals surface area contributed by atoms with Crippen LogP contribution in [-0.4, -0.2) is 22.3 Å². The molecule has 1 aromatic heterocycles. The fourth-order valence-corrected chi connectivity index (χ4v) is 2.51. The van der Waals surface area contributed by atoms with Crippen LogP contribution in [0.2, 0.25) is 0 Å². The number of aromatic nitrogens is 2. The second kappa shape index (κ2) is 6.08. The number of hydrogen-bond donors (Lipinski definition) is 1. The first kappa shape index (κ1) is 14.3. The third kappa shape index (κ3) is 2.81. The Bertz CT molecular complexity index is 874. The van der Waals surface area contributed by atoms with Crippen molar-refractivity contribution in [2.45, 2.75) is 6.61 Å². The molecule has 0 fully saturated rings. The van der Waals surface area contributed by atoms with Crippen LogP contribution in [-0.2, 0) is 11.4 Å². The molecule has 0 spiro atoms. The lowest BCUT2D eigenvalue weighted by atomic mass is 10.2. The predicted octanol–water partition coefficient (Wildman–Crippen LogP) is 2.78. The summed E-state index contributed by atoms with van der Waals surface area (Å²) in [4.78, 5) is 11.5. The minimum absolute atomic E-state index is 0.0281. The highest BCUT2D eigenvalue weighted by Crippen LogP contribution is 2.36. The molecule has 0 atom stereocenters. The van der Waals surface area contributed by atoms with Crippen LogP contribution in [0.15, 0.2) is 60.9 Å². The molecule has 2 heterocycles. The highest BCUT2D eigenvalue weighted by molar-refractivity contribution is 5.97. The molecular weight excluding hydrogens is 306 g/mol. The van der Waals surface area contributed by atoms with Crippen LogP contribution in [0, 0.1) is 0 Å². The largest absolute Gasteiger partial charge is 0.486 e. The van der Waals surface area contributed by atoms with Crippen LogP contribution >= 0.6 is 0 Å². The van der Waals surface area contributed by atoms with Crippen molar-refractivity contribution in [2.75, 3.05) is 11.9 Å². The van der Waals surface area contributed by atoms with Gasteiger partial charge in [-0.3, -0.25) is 4.79 Å². The van der Waals surface area contributed by atoms with Gasteiger partial charge in [0.25, 0.3) is 5.91 Å². The van der Waals surface area contributed by atoms with Crippen LogP contribution in [0.5, 0.6) is 11.5 Å². The number of ether oxygens (including phenoxy) is 2. The summed E-state index contributed by atoms with van der Waals surface area (Å²) in [6.07, 6.45) is 3.68. The monoisotopic (exact) mass is 321 g/mol. The van der Waals surface area contributed by atoms with Crippen molar-refractivity contribution in [1.82, 2.24) is 9.78 Å². The van der Waals surface area contributed by atoms with Crippen LogP contribution in [0.4, 0.5) is 5.69 Å². The van der Waals surface area contributed by atoms with Crippen LogP contribution in [0.25, 0.3) is 5.69 Å². The van der Waals surface area contributed by atoms with E-state index < -0.39 is 0 Å². The maximum Gasteiger partial charge on any atom is 0.262 e. The molecule has 4 rings (SSSR count). The van der Waals surface area contributed by atoms with Gasteiger partial charge in [-0.05, 0) is 24.3 Å². The van der Waals surface area contributed by atoms with Gasteiger partial charge in [0.05, 0.1) is 11.9 Å². The van der Waals surface area contributed by atoms with E-state index in [2.05, 4.69) is 10.4 Å². The Morgan fingerprint density at radius 3 is 2.92 bits per heavy atom. The molecule has 2 aromatic carbocycles. The van der Waals surface area contributed by atoms with E-state index in [1.54, 1.807) is 23.0 Å². The fraction of sp³-hybridized carbons (Fsp3) is 0.111. The Labute approximate surface area is 138 Å². The van der Waals surface area contributed by atoms with Gasteiger partial charge in [0.2, 0.25) is 0 Å². The second-order valence-corrected chi connectivity index (χ2v) is 5.38. The molecule has 0 saturated carbocycles. The molecule has 3 aromatic rings. The van der Waals surface area contributed by atoms with Crippen molar-refractivity contribution in [2.24, 2.45) is 0 Å². The molecule has 0 unspecified atom stereocenters. The van der Waals surface area contributed by atoms with Crippen molar-refractivity contribution in [3.63, 3.8) is 0 Å². The van der Waals surface area contributed by atoms with E-state index in [4.69, 9.17) is 9.47 Å². The molecule has 120 valence electrons. The summed E-state index contributed by atoms with van der Waals surface area (Å²) in [6, 6.07) is 15.3. The maximum atomic E-state index is 11.5. The summed E-state index contributed by atoms with van der Waals surface area (Å²) < 4.78 is 13.0. The second-order valence-electron chi connectivity index (χ2n) is 5.38. The van der Waals surface area contributed by atoms with Gasteiger partial charge in [-0.25, -0.2) is 4.68 Å². The smallest absolute Gasteiger partial charge is 0.262 e. The summed E-state index contributed by atoms with van der Waals surface area (Å²) in [5, 5.41) is 7.13. The molecule has 6 nitrogen and oxygen atoms in total. The quantitative estimate of drug-likeness (QED) is 0.802. The Hall–Kier alpha value is -3.28. The minimum Gasteiger partial charge on any atom is -0.486 e. The number of carbonyl (C=O) groups excluding carboxylic acids is 1. The fourth-order valence-electron chi connectivity index (χ4n) is 2.51. The third-order valence-corrected chi connectivity index (χ3v) is 3.66. The average Bonchev–Trinajstić information content (AvgIpc) is 3.10. The Kier molecular flexibility index (Phi) is 3.63. The summed E-state index contributed by atoms with van der Waals surface area (Å²) >= 11 is 0. The number of anilines is 1. The third-order valence-electron chi connectivity index (χ3n) is 3.66. The number of fused-ring (bicyclic) bond motifs is 1. The molecular formula is C18H15N3O3. The van der Waals surface area contributed by atoms with Gasteiger partial charge in [-0.1, -0.05) is 24.3 Å². The van der Waals surface area contributed by atoms with E-state index in [0.717, 1.165) is 11.3 Å². The Balaban J connectivity index is 1.50. The zero-order chi connectivity index (χ0) is 16.4. The number of nitrogens with one attached hydrogen (secondary N) is 1. The number of nitrogens with zero attached hydrogens (tertiary/aromatic N) is 2. The maximum absolute atomic E-state index is 11.5. The first-order chi connectivity index (χ1) is 11.8. The number of rotatable bonds is 4. The predicted molar refractivity (Wildman–Crippen MR) is 88.5 cm³/mol. The van der Waals surface area contributed by atoms with Crippen molar-refractivity contribution in [3.8, 4) is 17.2 Å². The Morgan fingerprint density at radius 2 is 2.04 bits per heavy atom. The van der Waals surface area contributed by atoms with Gasteiger partial charge >= 0.3 is 0 Å². The van der Waals surface area contributed by atoms with Gasteiger partial charge < -0.3 is 14.8 Å². The lowest BCUT2D eigenvalue weighted by molar-refractivity contribution is -0.118. The molecule has 6 heteroatoms. The number of carbonyl (C=O) groups is 1. The highest BCUT2D eigenvalue weighted by Gasteiger charge is 2.19. The highest BCUT2D eigenvalue weighted by atomic mass is 16.5. The van der Waals surface area contributed by atoms with Gasteiger partial charge in [0, 0.05) is 11.8 Å². The standard InChI is InChI=1S/C18H15N3O3/c22-17-12-24-16-8-4-7-15(18(16)20-17)23-11-13-9-19-21(10-13)14-5-2-1-3-6-14/h1-10H,11-12H2,(H,20,22). The van der Waals surface area contributed by atoms with Crippen molar-refractivity contribution in [1.29, 1.82) is 0 Å².